The Bertz CT molecular complexity index is 470. The Morgan fingerprint density at radius 2 is 1.84 bits per heavy atom. The zero-order valence-electron chi connectivity index (χ0n) is 11.9. The highest BCUT2D eigenvalue weighted by Crippen LogP contribution is 2.23. The van der Waals surface area contributed by atoms with E-state index >= 15 is 0 Å². The lowest BCUT2D eigenvalue weighted by molar-refractivity contribution is -0.126. The van der Waals surface area contributed by atoms with Gasteiger partial charge in [0.1, 0.15) is 0 Å². The SMILES string of the molecule is CCC(=O)Nc1cccc(NCC(=O)N(C)C)c1C. The van der Waals surface area contributed by atoms with Crippen LogP contribution in [0.1, 0.15) is 18.9 Å². The molecule has 0 unspecified atom stereocenters. The number of anilines is 2. The molecule has 1 aromatic rings. The summed E-state index contributed by atoms with van der Waals surface area (Å²) in [7, 11) is 3.43. The fraction of sp³-hybridized carbons (Fsp3) is 0.429. The second-order valence-corrected chi connectivity index (χ2v) is 4.52. The van der Waals surface area contributed by atoms with Crippen molar-refractivity contribution in [3.8, 4) is 0 Å². The monoisotopic (exact) mass is 263 g/mol. The topological polar surface area (TPSA) is 61.4 Å². The summed E-state index contributed by atoms with van der Waals surface area (Å²) in [6.45, 7) is 3.95. The van der Waals surface area contributed by atoms with Gasteiger partial charge in [-0.15, -0.1) is 0 Å². The van der Waals surface area contributed by atoms with Gasteiger partial charge in [0.15, 0.2) is 0 Å². The van der Waals surface area contributed by atoms with Crippen molar-refractivity contribution in [1.29, 1.82) is 0 Å². The van der Waals surface area contributed by atoms with Crippen LogP contribution in [0.3, 0.4) is 0 Å². The molecule has 0 spiro atoms. The zero-order valence-corrected chi connectivity index (χ0v) is 11.9. The van der Waals surface area contributed by atoms with Crippen molar-refractivity contribution in [3.05, 3.63) is 23.8 Å². The Morgan fingerprint density at radius 1 is 1.21 bits per heavy atom. The molecule has 0 saturated carbocycles. The number of likely N-dealkylation sites (N-methyl/N-ethyl adjacent to an activating group) is 1. The molecule has 19 heavy (non-hydrogen) atoms. The lowest BCUT2D eigenvalue weighted by atomic mass is 10.1. The number of hydrogen-bond acceptors (Lipinski definition) is 3. The third kappa shape index (κ3) is 4.28. The van der Waals surface area contributed by atoms with E-state index in [1.54, 1.807) is 14.1 Å². The van der Waals surface area contributed by atoms with Crippen LogP contribution in [0.2, 0.25) is 0 Å². The fourth-order valence-corrected chi connectivity index (χ4v) is 1.53. The van der Waals surface area contributed by atoms with Gasteiger partial charge >= 0.3 is 0 Å². The van der Waals surface area contributed by atoms with E-state index in [-0.39, 0.29) is 18.4 Å². The van der Waals surface area contributed by atoms with Crippen LogP contribution in [0.15, 0.2) is 18.2 Å². The van der Waals surface area contributed by atoms with E-state index in [0.717, 1.165) is 16.9 Å². The van der Waals surface area contributed by atoms with E-state index < -0.39 is 0 Å². The van der Waals surface area contributed by atoms with Crippen molar-refractivity contribution in [2.75, 3.05) is 31.3 Å². The van der Waals surface area contributed by atoms with Gasteiger partial charge in [0.25, 0.3) is 0 Å². The molecule has 1 rings (SSSR count). The molecule has 0 aliphatic rings. The maximum absolute atomic E-state index is 11.5. The molecule has 104 valence electrons. The number of carbonyl (C=O) groups excluding carboxylic acids is 2. The number of carbonyl (C=O) groups is 2. The molecule has 1 aromatic carbocycles. The normalized spacial score (nSPS) is 9.89. The molecule has 5 nitrogen and oxygen atoms in total. The summed E-state index contributed by atoms with van der Waals surface area (Å²) in [6, 6.07) is 5.59. The van der Waals surface area contributed by atoms with Crippen molar-refractivity contribution in [1.82, 2.24) is 4.90 Å². The first-order valence-corrected chi connectivity index (χ1v) is 6.29. The quantitative estimate of drug-likeness (QED) is 0.852. The van der Waals surface area contributed by atoms with Crippen molar-refractivity contribution in [3.63, 3.8) is 0 Å². The average Bonchev–Trinajstić information content (AvgIpc) is 2.39. The molecule has 0 aromatic heterocycles. The molecule has 2 amide bonds. The van der Waals surface area contributed by atoms with E-state index in [1.165, 1.54) is 4.90 Å². The van der Waals surface area contributed by atoms with Crippen LogP contribution in [0.4, 0.5) is 11.4 Å². The molecule has 0 saturated heterocycles. The Balaban J connectivity index is 2.77. The molecular weight excluding hydrogens is 242 g/mol. The van der Waals surface area contributed by atoms with Gasteiger partial charge in [0, 0.05) is 31.9 Å². The van der Waals surface area contributed by atoms with E-state index in [4.69, 9.17) is 0 Å². The Hall–Kier alpha value is -2.04. The van der Waals surface area contributed by atoms with E-state index in [9.17, 15) is 9.59 Å². The molecule has 2 N–H and O–H groups in total. The van der Waals surface area contributed by atoms with Crippen molar-refractivity contribution < 1.29 is 9.59 Å². The van der Waals surface area contributed by atoms with E-state index in [1.807, 2.05) is 32.0 Å². The summed E-state index contributed by atoms with van der Waals surface area (Å²) >= 11 is 0. The minimum absolute atomic E-state index is 0.00222. The summed E-state index contributed by atoms with van der Waals surface area (Å²) in [5.74, 6) is -0.0213. The molecule has 0 atom stereocenters. The average molecular weight is 263 g/mol. The van der Waals surface area contributed by atoms with Gasteiger partial charge in [0.05, 0.1) is 6.54 Å². The Morgan fingerprint density at radius 3 is 2.42 bits per heavy atom. The molecule has 0 aliphatic heterocycles. The van der Waals surface area contributed by atoms with Gasteiger partial charge in [0.2, 0.25) is 11.8 Å². The largest absolute Gasteiger partial charge is 0.376 e. The summed E-state index contributed by atoms with van der Waals surface area (Å²) in [4.78, 5) is 24.5. The van der Waals surface area contributed by atoms with Crippen molar-refractivity contribution >= 4 is 23.2 Å². The van der Waals surface area contributed by atoms with Gasteiger partial charge < -0.3 is 15.5 Å². The minimum atomic E-state index is -0.0235. The Labute approximate surface area is 114 Å². The zero-order chi connectivity index (χ0) is 14.4. The van der Waals surface area contributed by atoms with Crippen LogP contribution < -0.4 is 10.6 Å². The first kappa shape index (κ1) is 15.0. The third-order valence-electron chi connectivity index (χ3n) is 2.86. The van der Waals surface area contributed by atoms with Crippen molar-refractivity contribution in [2.24, 2.45) is 0 Å². The van der Waals surface area contributed by atoms with Gasteiger partial charge in [-0.25, -0.2) is 0 Å². The lowest BCUT2D eigenvalue weighted by Crippen LogP contribution is -2.28. The smallest absolute Gasteiger partial charge is 0.241 e. The maximum atomic E-state index is 11.5. The first-order valence-electron chi connectivity index (χ1n) is 6.29. The predicted octanol–water partition coefficient (Wildman–Crippen LogP) is 1.84. The highest BCUT2D eigenvalue weighted by molar-refractivity contribution is 5.92. The number of rotatable bonds is 5. The second kappa shape index (κ2) is 6.78. The molecule has 0 aliphatic carbocycles. The molecule has 5 heteroatoms. The first-order chi connectivity index (χ1) is 8.95. The highest BCUT2D eigenvalue weighted by atomic mass is 16.2. The van der Waals surface area contributed by atoms with Crippen LogP contribution >= 0.6 is 0 Å². The number of nitrogens with zero attached hydrogens (tertiary/aromatic N) is 1. The van der Waals surface area contributed by atoms with Crippen LogP contribution in [0, 0.1) is 6.92 Å². The summed E-state index contributed by atoms with van der Waals surface area (Å²) in [5, 5.41) is 5.92. The lowest BCUT2D eigenvalue weighted by Gasteiger charge is -2.15. The number of nitrogens with one attached hydrogen (secondary N) is 2. The van der Waals surface area contributed by atoms with Crippen LogP contribution in [0.25, 0.3) is 0 Å². The van der Waals surface area contributed by atoms with Gasteiger partial charge in [-0.3, -0.25) is 9.59 Å². The van der Waals surface area contributed by atoms with Gasteiger partial charge in [-0.05, 0) is 24.6 Å². The summed E-state index contributed by atoms with van der Waals surface area (Å²) in [6.07, 6.45) is 0.441. The number of benzene rings is 1. The van der Waals surface area contributed by atoms with E-state index in [2.05, 4.69) is 10.6 Å². The molecule has 0 radical (unpaired) electrons. The Kier molecular flexibility index (Phi) is 5.36. The maximum Gasteiger partial charge on any atom is 0.241 e. The predicted molar refractivity (Wildman–Crippen MR) is 77.3 cm³/mol. The summed E-state index contributed by atoms with van der Waals surface area (Å²) in [5.41, 5.74) is 2.55. The second-order valence-electron chi connectivity index (χ2n) is 4.52. The fourth-order valence-electron chi connectivity index (χ4n) is 1.53. The molecular formula is C14H21N3O2. The molecule has 0 fully saturated rings. The number of amides is 2. The van der Waals surface area contributed by atoms with Crippen molar-refractivity contribution in [2.45, 2.75) is 20.3 Å². The van der Waals surface area contributed by atoms with Crippen LogP contribution in [0.5, 0.6) is 0 Å². The minimum Gasteiger partial charge on any atom is -0.376 e. The highest BCUT2D eigenvalue weighted by Gasteiger charge is 2.08. The molecule has 0 heterocycles. The standard InChI is InChI=1S/C14H21N3O2/c1-5-13(18)16-12-8-6-7-11(10(12)2)15-9-14(19)17(3)4/h6-8,15H,5,9H2,1-4H3,(H,16,18). The van der Waals surface area contributed by atoms with Gasteiger partial charge in [-0.1, -0.05) is 13.0 Å². The van der Waals surface area contributed by atoms with E-state index in [0.29, 0.717) is 6.42 Å². The van der Waals surface area contributed by atoms with Crippen LogP contribution in [-0.4, -0.2) is 37.4 Å². The summed E-state index contributed by atoms with van der Waals surface area (Å²) < 4.78 is 0. The number of hydrogen-bond donors (Lipinski definition) is 2. The third-order valence-corrected chi connectivity index (χ3v) is 2.86. The van der Waals surface area contributed by atoms with Gasteiger partial charge in [-0.2, -0.15) is 0 Å². The van der Waals surface area contributed by atoms with Crippen LogP contribution in [-0.2, 0) is 9.59 Å². The molecule has 0 bridgehead atoms.